The minimum atomic E-state index is 0.714. The molecule has 2 aromatic rings. The Bertz CT molecular complexity index is 995. The normalized spacial score (nSPS) is 13.9. The van der Waals surface area contributed by atoms with Gasteiger partial charge in [0.05, 0.1) is 12.2 Å². The molecule has 3 heteroatoms. The molecule has 0 bridgehead atoms. The maximum Gasteiger partial charge on any atom is 0.127 e. The van der Waals surface area contributed by atoms with Gasteiger partial charge in [0.15, 0.2) is 0 Å². The van der Waals surface area contributed by atoms with E-state index >= 15 is 0 Å². The number of nitrogens with zero attached hydrogens (tertiary/aromatic N) is 2. The number of amidine groups is 1. The molecule has 30 heavy (non-hydrogen) atoms. The van der Waals surface area contributed by atoms with Crippen LogP contribution in [-0.4, -0.2) is 17.3 Å². The lowest BCUT2D eigenvalue weighted by Gasteiger charge is -2.24. The van der Waals surface area contributed by atoms with Gasteiger partial charge in [-0.15, -0.1) is 0 Å². The molecule has 0 radical (unpaired) electrons. The van der Waals surface area contributed by atoms with Crippen molar-refractivity contribution >= 4 is 22.8 Å². The molecule has 0 saturated carbocycles. The largest absolute Gasteiger partial charge is 0.345 e. The van der Waals surface area contributed by atoms with E-state index in [0.29, 0.717) is 6.54 Å². The zero-order valence-electron chi connectivity index (χ0n) is 18.7. The zero-order chi connectivity index (χ0) is 21.5. The Hall–Kier alpha value is -3.07. The first kappa shape index (κ1) is 21.6. The van der Waals surface area contributed by atoms with Crippen LogP contribution in [0.25, 0.3) is 11.3 Å². The molecule has 0 unspecified atom stereocenters. The molecule has 0 aromatic heterocycles. The van der Waals surface area contributed by atoms with Gasteiger partial charge in [-0.05, 0) is 72.8 Å². The molecule has 1 aliphatic heterocycles. The van der Waals surface area contributed by atoms with Crippen LogP contribution in [0, 0.1) is 0 Å². The average molecular weight is 400 g/mol. The van der Waals surface area contributed by atoms with Crippen molar-refractivity contribution in [1.29, 1.82) is 0 Å². The summed E-state index contributed by atoms with van der Waals surface area (Å²) in [5.41, 5.74) is 8.27. The molecular weight excluding hydrogens is 366 g/mol. The third-order valence-corrected chi connectivity index (χ3v) is 5.47. The summed E-state index contributed by atoms with van der Waals surface area (Å²) < 4.78 is 0. The van der Waals surface area contributed by atoms with E-state index in [0.717, 1.165) is 47.6 Å². The summed E-state index contributed by atoms with van der Waals surface area (Å²) in [6.45, 7) is 13.5. The zero-order valence-corrected chi connectivity index (χ0v) is 18.7. The number of aliphatic imine (C=N–C) groups is 1. The van der Waals surface area contributed by atoms with Gasteiger partial charge in [-0.3, -0.25) is 0 Å². The molecule has 1 heterocycles. The summed E-state index contributed by atoms with van der Waals surface area (Å²) in [5, 5.41) is 3.56. The third kappa shape index (κ3) is 5.10. The van der Waals surface area contributed by atoms with Gasteiger partial charge < -0.3 is 10.2 Å². The van der Waals surface area contributed by atoms with E-state index in [2.05, 4.69) is 98.5 Å². The predicted molar refractivity (Wildman–Crippen MR) is 132 cm³/mol. The van der Waals surface area contributed by atoms with Crippen LogP contribution in [0.3, 0.4) is 0 Å². The topological polar surface area (TPSA) is 27.6 Å². The van der Waals surface area contributed by atoms with Gasteiger partial charge in [0.25, 0.3) is 0 Å². The lowest BCUT2D eigenvalue weighted by molar-refractivity contribution is 0.575. The van der Waals surface area contributed by atoms with Crippen LogP contribution < -0.4 is 5.32 Å². The number of hydrogen-bond acceptors (Lipinski definition) is 3. The molecular formula is C27H33N3. The Morgan fingerprint density at radius 2 is 1.90 bits per heavy atom. The molecule has 3 nitrogen and oxygen atoms in total. The van der Waals surface area contributed by atoms with Crippen molar-refractivity contribution in [2.24, 2.45) is 4.99 Å². The molecule has 0 fully saturated rings. The van der Waals surface area contributed by atoms with Crippen LogP contribution in [0.15, 0.2) is 72.5 Å². The van der Waals surface area contributed by atoms with Gasteiger partial charge in [0, 0.05) is 17.5 Å². The number of nitrogens with one attached hydrogen (secondary N) is 1. The second kappa shape index (κ2) is 10.1. The van der Waals surface area contributed by atoms with Gasteiger partial charge in [0.1, 0.15) is 5.84 Å². The van der Waals surface area contributed by atoms with E-state index in [-0.39, 0.29) is 0 Å². The quantitative estimate of drug-likeness (QED) is 0.549. The lowest BCUT2D eigenvalue weighted by atomic mass is 10.0. The first-order chi connectivity index (χ1) is 14.6. The summed E-state index contributed by atoms with van der Waals surface area (Å²) in [7, 11) is 0. The Labute approximate surface area is 181 Å². The fourth-order valence-corrected chi connectivity index (χ4v) is 3.73. The van der Waals surface area contributed by atoms with Crippen molar-refractivity contribution in [3.8, 4) is 0 Å². The molecule has 0 spiro atoms. The number of rotatable bonds is 7. The lowest BCUT2D eigenvalue weighted by Crippen LogP contribution is -2.29. The molecule has 0 atom stereocenters. The first-order valence-electron chi connectivity index (χ1n) is 10.9. The van der Waals surface area contributed by atoms with Crippen molar-refractivity contribution in [3.63, 3.8) is 0 Å². The van der Waals surface area contributed by atoms with Crippen molar-refractivity contribution < 1.29 is 0 Å². The summed E-state index contributed by atoms with van der Waals surface area (Å²) in [6, 6.07) is 15.1. The van der Waals surface area contributed by atoms with Crippen molar-refractivity contribution in [2.75, 3.05) is 11.9 Å². The number of allylic oxidation sites excluding steroid dienone is 2. The van der Waals surface area contributed by atoms with Gasteiger partial charge in [-0.25, -0.2) is 4.99 Å². The number of anilines is 1. The minimum Gasteiger partial charge on any atom is -0.345 e. The van der Waals surface area contributed by atoms with Crippen LogP contribution >= 0.6 is 0 Å². The van der Waals surface area contributed by atoms with Gasteiger partial charge >= 0.3 is 0 Å². The molecule has 0 amide bonds. The second-order valence-corrected chi connectivity index (χ2v) is 7.58. The highest BCUT2D eigenvalue weighted by Crippen LogP contribution is 2.26. The molecule has 1 aliphatic rings. The SMILES string of the molecule is C=C(CC)c1cccc(C2=CN(/C=C\C)CC(Nc3ccc(CC)c(CC)c3)=N2)c1. The van der Waals surface area contributed by atoms with E-state index in [1.165, 1.54) is 16.7 Å². The van der Waals surface area contributed by atoms with Crippen LogP contribution in [0.5, 0.6) is 0 Å². The summed E-state index contributed by atoms with van der Waals surface area (Å²) in [5.74, 6) is 0.941. The average Bonchev–Trinajstić information content (AvgIpc) is 2.78. The highest BCUT2D eigenvalue weighted by molar-refractivity contribution is 6.01. The van der Waals surface area contributed by atoms with Gasteiger partial charge in [0.2, 0.25) is 0 Å². The van der Waals surface area contributed by atoms with Crippen LogP contribution in [-0.2, 0) is 12.8 Å². The first-order valence-corrected chi connectivity index (χ1v) is 10.9. The van der Waals surface area contributed by atoms with Crippen molar-refractivity contribution in [1.82, 2.24) is 4.90 Å². The Kier molecular flexibility index (Phi) is 7.29. The van der Waals surface area contributed by atoms with Crippen LogP contribution in [0.2, 0.25) is 0 Å². The molecule has 0 saturated heterocycles. The standard InChI is InChI=1S/C27H33N3/c1-6-15-30-18-26(24-12-10-11-23(16-24)20(5)7-2)29-27(19-30)28-25-14-13-21(8-3)22(9-4)17-25/h6,10-18H,5,7-9,19H2,1-4H3,(H,28,29)/b15-6-. The number of aryl methyl sites for hydroxylation is 2. The van der Waals surface area contributed by atoms with Crippen molar-refractivity contribution in [2.45, 2.75) is 47.0 Å². The smallest absolute Gasteiger partial charge is 0.127 e. The Morgan fingerprint density at radius 3 is 2.60 bits per heavy atom. The maximum absolute atomic E-state index is 4.97. The summed E-state index contributed by atoms with van der Waals surface area (Å²) in [4.78, 5) is 7.14. The van der Waals surface area contributed by atoms with E-state index in [4.69, 9.17) is 4.99 Å². The van der Waals surface area contributed by atoms with Gasteiger partial charge in [-0.2, -0.15) is 0 Å². The second-order valence-electron chi connectivity index (χ2n) is 7.58. The maximum atomic E-state index is 4.97. The van der Waals surface area contributed by atoms with E-state index in [9.17, 15) is 0 Å². The summed E-state index contributed by atoms with van der Waals surface area (Å²) in [6.07, 6.45) is 9.29. The van der Waals surface area contributed by atoms with Crippen molar-refractivity contribution in [3.05, 3.63) is 89.8 Å². The molecule has 156 valence electrons. The Balaban J connectivity index is 1.93. The molecule has 1 N–H and O–H groups in total. The minimum absolute atomic E-state index is 0.714. The van der Waals surface area contributed by atoms with Crippen LogP contribution in [0.4, 0.5) is 5.69 Å². The molecule has 3 rings (SSSR count). The van der Waals surface area contributed by atoms with E-state index in [1.54, 1.807) is 0 Å². The highest BCUT2D eigenvalue weighted by Gasteiger charge is 2.15. The van der Waals surface area contributed by atoms with Gasteiger partial charge in [-0.1, -0.05) is 57.7 Å². The van der Waals surface area contributed by atoms with E-state index < -0.39 is 0 Å². The predicted octanol–water partition coefficient (Wildman–Crippen LogP) is 6.89. The molecule has 2 aromatic carbocycles. The number of hydrogen-bond donors (Lipinski definition) is 1. The number of benzene rings is 2. The fraction of sp³-hybridized carbons (Fsp3) is 0.296. The summed E-state index contributed by atoms with van der Waals surface area (Å²) >= 11 is 0. The Morgan fingerprint density at radius 1 is 1.10 bits per heavy atom. The third-order valence-electron chi connectivity index (χ3n) is 5.47. The van der Waals surface area contributed by atoms with E-state index in [1.807, 2.05) is 6.92 Å². The fourth-order valence-electron chi connectivity index (χ4n) is 3.73. The highest BCUT2D eigenvalue weighted by atomic mass is 15.2. The molecule has 0 aliphatic carbocycles. The van der Waals surface area contributed by atoms with Crippen LogP contribution in [0.1, 0.15) is 56.4 Å². The monoisotopic (exact) mass is 399 g/mol.